The Morgan fingerprint density at radius 1 is 1.04 bits per heavy atom. The second-order valence-electron chi connectivity index (χ2n) is 5.72. The van der Waals surface area contributed by atoms with Crippen LogP contribution in [0.15, 0.2) is 47.5 Å². The van der Waals surface area contributed by atoms with E-state index >= 15 is 0 Å². The van der Waals surface area contributed by atoms with E-state index in [0.29, 0.717) is 15.1 Å². The zero-order valence-electron chi connectivity index (χ0n) is 13.2. The Morgan fingerprint density at radius 2 is 1.88 bits per heavy atom. The Labute approximate surface area is 157 Å². The molecular formula is C19H17Cl3N2. The first kappa shape index (κ1) is 17.3. The second kappa shape index (κ2) is 7.60. The highest BCUT2D eigenvalue weighted by Gasteiger charge is 2.13. The lowest BCUT2D eigenvalue weighted by Crippen LogP contribution is -2.08. The van der Waals surface area contributed by atoms with Crippen LogP contribution in [0.4, 0.5) is 5.69 Å². The van der Waals surface area contributed by atoms with Crippen molar-refractivity contribution in [2.24, 2.45) is 4.99 Å². The predicted octanol–water partition coefficient (Wildman–Crippen LogP) is 6.68. The van der Waals surface area contributed by atoms with Gasteiger partial charge in [0, 0.05) is 22.8 Å². The molecule has 1 N–H and O–H groups in total. The molecule has 1 heterocycles. The Kier molecular flexibility index (Phi) is 5.50. The van der Waals surface area contributed by atoms with Crippen LogP contribution < -0.4 is 5.32 Å². The third-order valence-corrected chi connectivity index (χ3v) is 4.92. The van der Waals surface area contributed by atoms with Gasteiger partial charge in [0.25, 0.3) is 0 Å². The Hall–Kier alpha value is -1.48. The molecule has 0 bridgehead atoms. The summed E-state index contributed by atoms with van der Waals surface area (Å²) < 4.78 is 0. The van der Waals surface area contributed by atoms with Gasteiger partial charge in [0.2, 0.25) is 0 Å². The number of benzene rings is 2. The van der Waals surface area contributed by atoms with Crippen LogP contribution in [0.1, 0.15) is 30.5 Å². The summed E-state index contributed by atoms with van der Waals surface area (Å²) in [5.41, 5.74) is 4.28. The number of nitrogens with zero attached hydrogens (tertiary/aromatic N) is 1. The highest BCUT2D eigenvalue weighted by Crippen LogP contribution is 2.33. The van der Waals surface area contributed by atoms with Crippen LogP contribution in [0.3, 0.4) is 0 Å². The lowest BCUT2D eigenvalue weighted by Gasteiger charge is -2.19. The molecule has 2 nitrogen and oxygen atoms in total. The van der Waals surface area contributed by atoms with E-state index in [1.165, 1.54) is 5.57 Å². The predicted molar refractivity (Wildman–Crippen MR) is 106 cm³/mol. The van der Waals surface area contributed by atoms with Gasteiger partial charge in [-0.15, -0.1) is 0 Å². The normalized spacial score (nSPS) is 15.1. The fourth-order valence-electron chi connectivity index (χ4n) is 2.73. The summed E-state index contributed by atoms with van der Waals surface area (Å²) >= 11 is 18.6. The van der Waals surface area contributed by atoms with Crippen LogP contribution in [0.5, 0.6) is 0 Å². The minimum atomic E-state index is 0.00409. The molecule has 1 aliphatic rings. The van der Waals surface area contributed by atoms with Crippen molar-refractivity contribution in [2.45, 2.75) is 19.4 Å². The quantitative estimate of drug-likeness (QED) is 0.629. The second-order valence-corrected chi connectivity index (χ2v) is 6.97. The molecule has 0 spiro atoms. The number of hydrogen-bond donors (Lipinski definition) is 1. The van der Waals surface area contributed by atoms with Crippen molar-refractivity contribution in [2.75, 3.05) is 11.9 Å². The first-order valence-electron chi connectivity index (χ1n) is 7.75. The summed E-state index contributed by atoms with van der Waals surface area (Å²) in [4.78, 5) is 4.23. The van der Waals surface area contributed by atoms with Gasteiger partial charge in [0.1, 0.15) is 0 Å². The molecule has 2 aromatic carbocycles. The Bertz CT molecular complexity index is 812. The first-order chi connectivity index (χ1) is 11.5. The number of dihydropyridines is 1. The molecular weight excluding hydrogens is 363 g/mol. The molecule has 2 aromatic rings. The van der Waals surface area contributed by atoms with E-state index in [9.17, 15) is 0 Å². The van der Waals surface area contributed by atoms with Gasteiger partial charge < -0.3 is 5.32 Å². The molecule has 24 heavy (non-hydrogen) atoms. The van der Waals surface area contributed by atoms with E-state index in [1.54, 1.807) is 6.07 Å². The fraction of sp³-hybridized carbons (Fsp3) is 0.211. The number of nitrogens with one attached hydrogen (secondary N) is 1. The van der Waals surface area contributed by atoms with Crippen molar-refractivity contribution in [3.63, 3.8) is 0 Å². The summed E-state index contributed by atoms with van der Waals surface area (Å²) in [6.07, 6.45) is 4.85. The van der Waals surface area contributed by atoms with E-state index in [4.69, 9.17) is 34.8 Å². The molecule has 0 fully saturated rings. The van der Waals surface area contributed by atoms with Gasteiger partial charge in [-0.25, -0.2) is 0 Å². The van der Waals surface area contributed by atoms with Crippen molar-refractivity contribution < 1.29 is 0 Å². The smallest absolute Gasteiger partial charge is 0.0638 e. The third-order valence-electron chi connectivity index (χ3n) is 4.03. The van der Waals surface area contributed by atoms with Gasteiger partial charge in [-0.3, -0.25) is 4.99 Å². The van der Waals surface area contributed by atoms with Crippen LogP contribution in [0.25, 0.3) is 5.57 Å². The van der Waals surface area contributed by atoms with Crippen molar-refractivity contribution in [3.8, 4) is 0 Å². The maximum Gasteiger partial charge on any atom is 0.0638 e. The van der Waals surface area contributed by atoms with Crippen LogP contribution in [-0.4, -0.2) is 12.8 Å². The summed E-state index contributed by atoms with van der Waals surface area (Å²) in [5.74, 6) is 0. The Balaban J connectivity index is 1.86. The van der Waals surface area contributed by atoms with Crippen molar-refractivity contribution in [3.05, 3.63) is 68.7 Å². The largest absolute Gasteiger partial charge is 0.377 e. The van der Waals surface area contributed by atoms with Crippen LogP contribution >= 0.6 is 34.8 Å². The summed E-state index contributed by atoms with van der Waals surface area (Å²) in [5, 5.41) is 5.39. The minimum Gasteiger partial charge on any atom is -0.377 e. The van der Waals surface area contributed by atoms with Crippen molar-refractivity contribution in [1.29, 1.82) is 0 Å². The number of hydrogen-bond acceptors (Lipinski definition) is 2. The number of rotatable bonds is 4. The molecule has 0 unspecified atom stereocenters. The van der Waals surface area contributed by atoms with Crippen molar-refractivity contribution in [1.82, 2.24) is 0 Å². The number of anilines is 1. The fourth-order valence-corrected chi connectivity index (χ4v) is 3.47. The molecule has 0 saturated heterocycles. The Morgan fingerprint density at radius 3 is 2.58 bits per heavy atom. The van der Waals surface area contributed by atoms with Gasteiger partial charge in [-0.05, 0) is 60.4 Å². The first-order valence-corrected chi connectivity index (χ1v) is 8.88. The zero-order chi connectivity index (χ0) is 17.1. The molecule has 1 aliphatic heterocycles. The standard InChI is InChI=1S/C19H17Cl3N2/c1-12(16-4-3-15(20)11-18(16)22)24-19-10-14(2-5-17(19)21)13-6-8-23-9-7-13/h2-6,8,10-12,24H,7,9H2,1H3/t12-/m1/s1. The minimum absolute atomic E-state index is 0.00409. The monoisotopic (exact) mass is 378 g/mol. The molecule has 124 valence electrons. The van der Waals surface area contributed by atoms with E-state index in [2.05, 4.69) is 22.5 Å². The lowest BCUT2D eigenvalue weighted by molar-refractivity contribution is 0.885. The summed E-state index contributed by atoms with van der Waals surface area (Å²) in [6.45, 7) is 2.87. The van der Waals surface area contributed by atoms with Gasteiger partial charge in [-0.2, -0.15) is 0 Å². The molecule has 0 radical (unpaired) electrons. The average Bonchev–Trinajstić information content (AvgIpc) is 2.57. The maximum atomic E-state index is 6.37. The maximum absolute atomic E-state index is 6.37. The number of aliphatic imine (C=N–C) groups is 1. The SMILES string of the molecule is C[C@@H](Nc1cc(C2=CC=NCC2)ccc1Cl)c1ccc(Cl)cc1Cl. The van der Waals surface area contributed by atoms with Gasteiger partial charge in [0.05, 0.1) is 16.8 Å². The van der Waals surface area contributed by atoms with Gasteiger partial charge >= 0.3 is 0 Å². The van der Waals surface area contributed by atoms with Gasteiger partial charge in [0.15, 0.2) is 0 Å². The lowest BCUT2D eigenvalue weighted by atomic mass is 10.0. The van der Waals surface area contributed by atoms with Crippen LogP contribution in [0.2, 0.25) is 15.1 Å². The molecule has 3 rings (SSSR count). The highest BCUT2D eigenvalue weighted by atomic mass is 35.5. The van der Waals surface area contributed by atoms with Crippen molar-refractivity contribution >= 4 is 52.3 Å². The highest BCUT2D eigenvalue weighted by molar-refractivity contribution is 6.35. The zero-order valence-corrected chi connectivity index (χ0v) is 15.5. The summed E-state index contributed by atoms with van der Waals surface area (Å²) in [6, 6.07) is 11.6. The number of allylic oxidation sites excluding steroid dienone is 1. The van der Waals surface area contributed by atoms with E-state index in [0.717, 1.165) is 29.8 Å². The van der Waals surface area contributed by atoms with E-state index < -0.39 is 0 Å². The molecule has 0 saturated carbocycles. The number of halogens is 3. The third kappa shape index (κ3) is 3.94. The summed E-state index contributed by atoms with van der Waals surface area (Å²) in [7, 11) is 0. The molecule has 1 atom stereocenters. The van der Waals surface area contributed by atoms with Crippen LogP contribution in [0, 0.1) is 0 Å². The topological polar surface area (TPSA) is 24.4 Å². The molecule has 5 heteroatoms. The van der Waals surface area contributed by atoms with E-state index in [1.807, 2.05) is 37.4 Å². The van der Waals surface area contributed by atoms with E-state index in [-0.39, 0.29) is 6.04 Å². The molecule has 0 amide bonds. The van der Waals surface area contributed by atoms with Crippen LogP contribution in [-0.2, 0) is 0 Å². The van der Waals surface area contributed by atoms with Gasteiger partial charge in [-0.1, -0.05) is 46.9 Å². The molecule has 0 aromatic heterocycles. The average molecular weight is 380 g/mol. The molecule has 0 aliphatic carbocycles.